The third-order valence-corrected chi connectivity index (χ3v) is 6.62. The van der Waals surface area contributed by atoms with Gasteiger partial charge in [-0.15, -0.1) is 0 Å². The molecule has 0 aliphatic heterocycles. The van der Waals surface area contributed by atoms with E-state index in [2.05, 4.69) is 19.4 Å². The number of carbonyl (C=O) groups excluding carboxylic acids is 2. The van der Waals surface area contributed by atoms with Crippen molar-refractivity contribution in [3.8, 4) is 23.1 Å². The van der Waals surface area contributed by atoms with E-state index < -0.39 is 52.9 Å². The first kappa shape index (κ1) is 35.5. The summed E-state index contributed by atoms with van der Waals surface area (Å²) in [4.78, 5) is 31.0. The lowest BCUT2D eigenvalue weighted by Gasteiger charge is -2.18. The topological polar surface area (TPSA) is 118 Å². The van der Waals surface area contributed by atoms with Gasteiger partial charge in [0.05, 0.1) is 32.2 Å². The van der Waals surface area contributed by atoms with Gasteiger partial charge in [0.2, 0.25) is 11.8 Å². The fourth-order valence-electron chi connectivity index (χ4n) is 4.57. The molecule has 0 radical (unpaired) electrons. The second kappa shape index (κ2) is 13.5. The Kier molecular flexibility index (Phi) is 10.4. The summed E-state index contributed by atoms with van der Waals surface area (Å²) in [6.45, 7) is 8.31. The summed E-state index contributed by atoms with van der Waals surface area (Å²) in [5.74, 6) is -3.69. The zero-order valence-corrected chi connectivity index (χ0v) is 25.7. The van der Waals surface area contributed by atoms with Gasteiger partial charge in [-0.2, -0.15) is 26.3 Å². The van der Waals surface area contributed by atoms with Crippen LogP contribution in [0.1, 0.15) is 61.8 Å². The monoisotopic (exact) mass is 656 g/mol. The molecule has 0 unspecified atom stereocenters. The minimum atomic E-state index is -4.80. The highest BCUT2D eigenvalue weighted by molar-refractivity contribution is 5.92. The minimum Gasteiger partial charge on any atom is -0.493 e. The number of esters is 2. The molecular weight excluding hydrogens is 626 g/mol. The molecule has 4 heterocycles. The molecule has 1 N–H and O–H groups in total. The van der Waals surface area contributed by atoms with Crippen molar-refractivity contribution in [3.05, 3.63) is 81.7 Å². The number of hydrogen-bond donors (Lipinski definition) is 1. The van der Waals surface area contributed by atoms with Crippen molar-refractivity contribution in [2.75, 3.05) is 20.8 Å². The highest BCUT2D eigenvalue weighted by Crippen LogP contribution is 2.39. The zero-order valence-electron chi connectivity index (χ0n) is 25.7. The Morgan fingerprint density at radius 1 is 0.717 bits per heavy atom. The van der Waals surface area contributed by atoms with E-state index in [-0.39, 0.29) is 23.7 Å². The lowest BCUT2D eigenvalue weighted by atomic mass is 10.2. The highest BCUT2D eigenvalue weighted by atomic mass is 19.4. The number of nitrogens with zero attached hydrogens (tertiary/aromatic N) is 4. The number of aromatic hydroxyl groups is 1. The van der Waals surface area contributed by atoms with E-state index >= 15 is 0 Å². The van der Waals surface area contributed by atoms with E-state index in [0.29, 0.717) is 28.8 Å². The maximum absolute atomic E-state index is 13.4. The van der Waals surface area contributed by atoms with Crippen LogP contribution in [0, 0.1) is 27.7 Å². The Morgan fingerprint density at radius 2 is 1.09 bits per heavy atom. The molecule has 0 saturated heterocycles. The van der Waals surface area contributed by atoms with Crippen LogP contribution in [0.4, 0.5) is 26.3 Å². The molecule has 0 atom stereocenters. The number of ether oxygens (including phenoxy) is 3. The quantitative estimate of drug-likeness (QED) is 0.180. The summed E-state index contributed by atoms with van der Waals surface area (Å²) in [5, 5.41) is 9.48. The van der Waals surface area contributed by atoms with E-state index in [1.165, 1.54) is 16.1 Å². The third-order valence-electron chi connectivity index (χ3n) is 6.62. The summed E-state index contributed by atoms with van der Waals surface area (Å²) in [6, 6.07) is 8.41. The number of aromatic nitrogens is 4. The Hall–Kier alpha value is -5.02. The first-order valence-electron chi connectivity index (χ1n) is 13.4. The van der Waals surface area contributed by atoms with Gasteiger partial charge in [-0.05, 0) is 71.0 Å². The predicted octanol–water partition coefficient (Wildman–Crippen LogP) is 6.69. The Balaban J connectivity index is 0.000000251. The standard InChI is InChI=1S/C16H17F3N2O3.C14H13F3N2O3/c1-5-24-14-11(16(17,18)19)8-12(13(20-14)15(22)23-4)21-9(2)6-7-10(21)3;1-7-4-5-8(2)19(7)10-6-9(14(15,16)17)12(20)18-11(10)13(21)22-3/h6-8H,5H2,1-4H3;4-6H,1-3H3,(H,18,20). The van der Waals surface area contributed by atoms with Gasteiger partial charge in [0.15, 0.2) is 11.4 Å². The summed E-state index contributed by atoms with van der Waals surface area (Å²) in [6.07, 6.45) is -9.47. The number of hydrogen-bond acceptors (Lipinski definition) is 8. The Bertz CT molecular complexity index is 1720. The van der Waals surface area contributed by atoms with Crippen LogP contribution in [0.5, 0.6) is 11.8 Å². The van der Waals surface area contributed by atoms with Gasteiger partial charge in [0.1, 0.15) is 11.1 Å². The maximum atomic E-state index is 13.4. The fourth-order valence-corrected chi connectivity index (χ4v) is 4.57. The molecule has 0 aliphatic carbocycles. The number of methoxy groups -OCH3 is 2. The number of carbonyl (C=O) groups is 2. The van der Waals surface area contributed by atoms with E-state index in [1.807, 2.05) is 0 Å². The fraction of sp³-hybridized carbons (Fsp3) is 0.333. The average molecular weight is 657 g/mol. The van der Waals surface area contributed by atoms with E-state index in [0.717, 1.165) is 20.3 Å². The molecule has 10 nitrogen and oxygen atoms in total. The molecule has 0 amide bonds. The second-order valence-electron chi connectivity index (χ2n) is 9.75. The largest absolute Gasteiger partial charge is 0.493 e. The summed E-state index contributed by atoms with van der Waals surface area (Å²) < 4.78 is 96.1. The lowest BCUT2D eigenvalue weighted by molar-refractivity contribution is -0.140. The molecule has 248 valence electrons. The number of rotatable bonds is 6. The molecule has 46 heavy (non-hydrogen) atoms. The molecule has 4 rings (SSSR count). The summed E-state index contributed by atoms with van der Waals surface area (Å²) >= 11 is 0. The Morgan fingerprint density at radius 3 is 1.43 bits per heavy atom. The van der Waals surface area contributed by atoms with Crippen LogP contribution in [-0.4, -0.2) is 57.0 Å². The molecule has 0 fully saturated rings. The van der Waals surface area contributed by atoms with Gasteiger partial charge >= 0.3 is 24.3 Å². The molecule has 4 aromatic heterocycles. The molecule has 4 aromatic rings. The molecule has 0 bridgehead atoms. The van der Waals surface area contributed by atoms with Crippen LogP contribution in [0.2, 0.25) is 0 Å². The van der Waals surface area contributed by atoms with E-state index in [4.69, 9.17) is 4.74 Å². The van der Waals surface area contributed by atoms with Crippen molar-refractivity contribution in [1.82, 2.24) is 19.1 Å². The van der Waals surface area contributed by atoms with Crippen molar-refractivity contribution >= 4 is 11.9 Å². The van der Waals surface area contributed by atoms with Crippen molar-refractivity contribution < 1.29 is 55.2 Å². The lowest BCUT2D eigenvalue weighted by Crippen LogP contribution is -2.18. The zero-order chi connectivity index (χ0) is 34.7. The molecule has 0 aliphatic rings. The van der Waals surface area contributed by atoms with Gasteiger partial charge in [-0.1, -0.05) is 0 Å². The number of aryl methyl sites for hydroxylation is 4. The first-order chi connectivity index (χ1) is 21.4. The second-order valence-corrected chi connectivity index (χ2v) is 9.75. The molecular formula is C30H30F6N4O6. The number of halogens is 6. The SMILES string of the molecule is CCOc1nc(C(=O)OC)c(-n2c(C)ccc2C)cc1C(F)(F)F.COC(=O)c1nc(O)c(C(F)(F)F)cc1-n1c(C)ccc1C. The molecule has 0 spiro atoms. The normalized spacial score (nSPS) is 11.5. The van der Waals surface area contributed by atoms with Gasteiger partial charge in [-0.25, -0.2) is 19.6 Å². The number of alkyl halides is 6. The van der Waals surface area contributed by atoms with Crippen LogP contribution in [0.25, 0.3) is 11.4 Å². The third kappa shape index (κ3) is 7.26. The van der Waals surface area contributed by atoms with Crippen LogP contribution in [0.3, 0.4) is 0 Å². The van der Waals surface area contributed by atoms with Crippen molar-refractivity contribution in [2.24, 2.45) is 0 Å². The molecule has 0 saturated carbocycles. The van der Waals surface area contributed by atoms with Gasteiger partial charge in [0.25, 0.3) is 0 Å². The van der Waals surface area contributed by atoms with Crippen LogP contribution >= 0.6 is 0 Å². The Labute approximate surface area is 259 Å². The van der Waals surface area contributed by atoms with Crippen LogP contribution < -0.4 is 4.74 Å². The predicted molar refractivity (Wildman–Crippen MR) is 152 cm³/mol. The average Bonchev–Trinajstić information content (AvgIpc) is 3.49. The summed E-state index contributed by atoms with van der Waals surface area (Å²) in [5.41, 5.74) is -0.538. The van der Waals surface area contributed by atoms with Crippen LogP contribution in [0.15, 0.2) is 36.4 Å². The van der Waals surface area contributed by atoms with Crippen molar-refractivity contribution in [2.45, 2.75) is 47.0 Å². The number of pyridine rings is 2. The first-order valence-corrected chi connectivity index (χ1v) is 13.4. The van der Waals surface area contributed by atoms with Crippen molar-refractivity contribution in [3.63, 3.8) is 0 Å². The van der Waals surface area contributed by atoms with Gasteiger partial charge < -0.3 is 28.5 Å². The van der Waals surface area contributed by atoms with Crippen LogP contribution in [-0.2, 0) is 21.8 Å². The van der Waals surface area contributed by atoms with Gasteiger partial charge in [-0.3, -0.25) is 0 Å². The minimum absolute atomic E-state index is 0.00220. The van der Waals surface area contributed by atoms with E-state index in [9.17, 15) is 41.0 Å². The molecule has 16 heteroatoms. The highest BCUT2D eigenvalue weighted by Gasteiger charge is 2.38. The van der Waals surface area contributed by atoms with Gasteiger partial charge in [0, 0.05) is 22.8 Å². The molecule has 0 aromatic carbocycles. The van der Waals surface area contributed by atoms with E-state index in [1.54, 1.807) is 52.0 Å². The smallest absolute Gasteiger partial charge is 0.421 e. The maximum Gasteiger partial charge on any atom is 0.421 e. The van der Waals surface area contributed by atoms with Crippen molar-refractivity contribution in [1.29, 1.82) is 0 Å². The summed E-state index contributed by atoms with van der Waals surface area (Å²) in [7, 11) is 2.22.